The molecule has 0 aliphatic carbocycles. The third kappa shape index (κ3) is 3.54. The third-order valence-corrected chi connectivity index (χ3v) is 3.10. The second kappa shape index (κ2) is 6.31. The van der Waals surface area contributed by atoms with Gasteiger partial charge in [0.05, 0.1) is 12.0 Å². The number of anilines is 1. The van der Waals surface area contributed by atoms with E-state index in [0.717, 1.165) is 4.47 Å². The predicted molar refractivity (Wildman–Crippen MR) is 79.5 cm³/mol. The van der Waals surface area contributed by atoms with Crippen LogP contribution in [0.1, 0.15) is 10.4 Å². The number of nitro groups is 1. The standard InChI is InChI=1S/C13H10BrN3O4/c1-21-11-6-8(2-3-10(11)17(19)20)13(18)16-12-7-9(14)4-5-15-12/h2-7H,1H3,(H,15,16,18). The number of aromatic nitrogens is 1. The Morgan fingerprint density at radius 2 is 2.14 bits per heavy atom. The van der Waals surface area contributed by atoms with Crippen LogP contribution in [0.2, 0.25) is 0 Å². The van der Waals surface area contributed by atoms with Crippen molar-refractivity contribution in [2.24, 2.45) is 0 Å². The summed E-state index contributed by atoms with van der Waals surface area (Å²) in [5, 5.41) is 13.4. The molecule has 2 rings (SSSR count). The summed E-state index contributed by atoms with van der Waals surface area (Å²) in [4.78, 5) is 26.3. The Labute approximate surface area is 128 Å². The molecule has 1 N–H and O–H groups in total. The summed E-state index contributed by atoms with van der Waals surface area (Å²) in [6, 6.07) is 7.26. The summed E-state index contributed by atoms with van der Waals surface area (Å²) >= 11 is 3.27. The summed E-state index contributed by atoms with van der Waals surface area (Å²) in [5.41, 5.74) is 0.0360. The fourth-order valence-corrected chi connectivity index (χ4v) is 1.97. The van der Waals surface area contributed by atoms with E-state index < -0.39 is 10.8 Å². The molecule has 0 saturated carbocycles. The molecule has 7 nitrogen and oxygen atoms in total. The van der Waals surface area contributed by atoms with Crippen molar-refractivity contribution >= 4 is 33.3 Å². The molecular weight excluding hydrogens is 342 g/mol. The van der Waals surface area contributed by atoms with Gasteiger partial charge in [-0.2, -0.15) is 0 Å². The van der Waals surface area contributed by atoms with Gasteiger partial charge in [-0.1, -0.05) is 15.9 Å². The summed E-state index contributed by atoms with van der Waals surface area (Å²) in [6.07, 6.45) is 1.54. The molecule has 0 saturated heterocycles. The van der Waals surface area contributed by atoms with Crippen LogP contribution in [-0.2, 0) is 0 Å². The van der Waals surface area contributed by atoms with Crippen molar-refractivity contribution in [2.45, 2.75) is 0 Å². The van der Waals surface area contributed by atoms with Crippen molar-refractivity contribution in [1.82, 2.24) is 4.98 Å². The molecule has 0 aliphatic heterocycles. The van der Waals surface area contributed by atoms with E-state index in [1.807, 2.05) is 0 Å². The minimum atomic E-state index is -0.573. The molecule has 0 aliphatic rings. The highest BCUT2D eigenvalue weighted by molar-refractivity contribution is 9.10. The van der Waals surface area contributed by atoms with Gasteiger partial charge in [0.1, 0.15) is 5.82 Å². The van der Waals surface area contributed by atoms with Crippen LogP contribution < -0.4 is 10.1 Å². The number of carbonyl (C=O) groups is 1. The molecule has 1 amide bonds. The number of hydrogen-bond donors (Lipinski definition) is 1. The molecular formula is C13H10BrN3O4. The van der Waals surface area contributed by atoms with Crippen molar-refractivity contribution in [3.8, 4) is 5.75 Å². The Bertz CT molecular complexity index is 706. The first-order valence-corrected chi connectivity index (χ1v) is 6.56. The maximum Gasteiger partial charge on any atom is 0.310 e. The van der Waals surface area contributed by atoms with Gasteiger partial charge in [-0.15, -0.1) is 0 Å². The summed E-state index contributed by atoms with van der Waals surface area (Å²) in [5.74, 6) is -0.0460. The number of nitro benzene ring substituents is 1. The lowest BCUT2D eigenvalue weighted by atomic mass is 10.1. The number of nitrogens with one attached hydrogen (secondary N) is 1. The second-order valence-corrected chi connectivity index (χ2v) is 4.87. The number of ether oxygens (including phenoxy) is 1. The van der Waals surface area contributed by atoms with Gasteiger partial charge in [-0.25, -0.2) is 4.98 Å². The number of benzene rings is 1. The van der Waals surface area contributed by atoms with Gasteiger partial charge in [0.25, 0.3) is 5.91 Å². The van der Waals surface area contributed by atoms with Gasteiger partial charge < -0.3 is 10.1 Å². The van der Waals surface area contributed by atoms with Crippen LogP contribution in [0.25, 0.3) is 0 Å². The zero-order valence-corrected chi connectivity index (χ0v) is 12.5. The van der Waals surface area contributed by atoms with Crippen LogP contribution >= 0.6 is 15.9 Å². The molecule has 2 aromatic rings. The van der Waals surface area contributed by atoms with Gasteiger partial charge in [0, 0.05) is 28.4 Å². The fraction of sp³-hybridized carbons (Fsp3) is 0.0769. The van der Waals surface area contributed by atoms with E-state index in [-0.39, 0.29) is 17.0 Å². The Morgan fingerprint density at radius 3 is 2.76 bits per heavy atom. The molecule has 1 aromatic carbocycles. The lowest BCUT2D eigenvalue weighted by Gasteiger charge is -2.07. The summed E-state index contributed by atoms with van der Waals surface area (Å²) < 4.78 is 5.69. The van der Waals surface area contributed by atoms with Crippen LogP contribution in [-0.4, -0.2) is 22.9 Å². The second-order valence-electron chi connectivity index (χ2n) is 3.96. The molecule has 0 unspecified atom stereocenters. The van der Waals surface area contributed by atoms with Crippen molar-refractivity contribution < 1.29 is 14.5 Å². The average molecular weight is 352 g/mol. The molecule has 8 heteroatoms. The Balaban J connectivity index is 2.25. The summed E-state index contributed by atoms with van der Waals surface area (Å²) in [6.45, 7) is 0. The van der Waals surface area contributed by atoms with Gasteiger partial charge >= 0.3 is 5.69 Å². The van der Waals surface area contributed by atoms with E-state index in [2.05, 4.69) is 26.2 Å². The number of pyridine rings is 1. The Hall–Kier alpha value is -2.48. The zero-order chi connectivity index (χ0) is 15.4. The number of amides is 1. The van der Waals surface area contributed by atoms with E-state index in [0.29, 0.717) is 5.82 Å². The number of hydrogen-bond acceptors (Lipinski definition) is 5. The molecule has 0 spiro atoms. The van der Waals surface area contributed by atoms with Crippen LogP contribution in [0.15, 0.2) is 41.0 Å². The maximum atomic E-state index is 12.1. The SMILES string of the molecule is COc1cc(C(=O)Nc2cc(Br)ccn2)ccc1[N+](=O)[O-]. The Kier molecular flexibility index (Phi) is 4.49. The van der Waals surface area contributed by atoms with Crippen molar-refractivity contribution in [1.29, 1.82) is 0 Å². The molecule has 21 heavy (non-hydrogen) atoms. The lowest BCUT2D eigenvalue weighted by molar-refractivity contribution is -0.385. The van der Waals surface area contributed by atoms with Crippen LogP contribution in [0.4, 0.5) is 11.5 Å². The molecule has 0 bridgehead atoms. The Morgan fingerprint density at radius 1 is 1.38 bits per heavy atom. The number of methoxy groups -OCH3 is 1. The van der Waals surface area contributed by atoms with E-state index in [4.69, 9.17) is 4.74 Å². The monoisotopic (exact) mass is 351 g/mol. The van der Waals surface area contributed by atoms with E-state index in [1.54, 1.807) is 12.1 Å². The fourth-order valence-electron chi connectivity index (χ4n) is 1.63. The first-order chi connectivity index (χ1) is 10.0. The maximum absolute atomic E-state index is 12.1. The molecule has 1 heterocycles. The third-order valence-electron chi connectivity index (χ3n) is 2.60. The van der Waals surface area contributed by atoms with Gasteiger partial charge in [0.2, 0.25) is 0 Å². The van der Waals surface area contributed by atoms with Crippen LogP contribution in [0.3, 0.4) is 0 Å². The first kappa shape index (κ1) is 14.9. The van der Waals surface area contributed by atoms with Gasteiger partial charge in [-0.3, -0.25) is 14.9 Å². The van der Waals surface area contributed by atoms with Crippen LogP contribution in [0, 0.1) is 10.1 Å². The average Bonchev–Trinajstić information content (AvgIpc) is 2.46. The molecule has 108 valence electrons. The number of rotatable bonds is 4. The van der Waals surface area contributed by atoms with Crippen molar-refractivity contribution in [3.63, 3.8) is 0 Å². The van der Waals surface area contributed by atoms with Crippen molar-refractivity contribution in [3.05, 3.63) is 56.7 Å². The normalized spacial score (nSPS) is 10.0. The van der Waals surface area contributed by atoms with Gasteiger partial charge in [-0.05, 0) is 18.2 Å². The number of halogens is 1. The highest BCUT2D eigenvalue weighted by Gasteiger charge is 2.17. The van der Waals surface area contributed by atoms with Gasteiger partial charge in [0.15, 0.2) is 5.75 Å². The molecule has 0 radical (unpaired) electrons. The molecule has 1 aromatic heterocycles. The highest BCUT2D eigenvalue weighted by Crippen LogP contribution is 2.27. The highest BCUT2D eigenvalue weighted by atomic mass is 79.9. The van der Waals surface area contributed by atoms with Crippen molar-refractivity contribution in [2.75, 3.05) is 12.4 Å². The topological polar surface area (TPSA) is 94.4 Å². The first-order valence-electron chi connectivity index (χ1n) is 5.76. The quantitative estimate of drug-likeness (QED) is 0.674. The minimum Gasteiger partial charge on any atom is -0.490 e. The summed E-state index contributed by atoms with van der Waals surface area (Å²) in [7, 11) is 1.31. The zero-order valence-electron chi connectivity index (χ0n) is 10.9. The smallest absolute Gasteiger partial charge is 0.310 e. The predicted octanol–water partition coefficient (Wildman–Crippen LogP) is 3.01. The number of nitrogens with zero attached hydrogens (tertiary/aromatic N) is 2. The minimum absolute atomic E-state index is 0.0230. The largest absolute Gasteiger partial charge is 0.490 e. The number of carbonyl (C=O) groups excluding carboxylic acids is 1. The lowest BCUT2D eigenvalue weighted by Crippen LogP contribution is -2.13. The molecule has 0 fully saturated rings. The van der Waals surface area contributed by atoms with E-state index in [1.165, 1.54) is 31.5 Å². The van der Waals surface area contributed by atoms with E-state index >= 15 is 0 Å². The van der Waals surface area contributed by atoms with E-state index in [9.17, 15) is 14.9 Å². The molecule has 0 atom stereocenters. The van der Waals surface area contributed by atoms with Crippen LogP contribution in [0.5, 0.6) is 5.75 Å².